The maximum absolute atomic E-state index is 13.9. The molecule has 0 radical (unpaired) electrons. The molecule has 0 unspecified atom stereocenters. The molecule has 0 N–H and O–H groups in total. The van der Waals surface area contributed by atoms with E-state index in [9.17, 15) is 22.0 Å². The number of ether oxygens (including phenoxy) is 2. The molecule has 8 heteroatoms. The van der Waals surface area contributed by atoms with Crippen molar-refractivity contribution in [1.29, 1.82) is 0 Å². The molecule has 0 fully saturated rings. The number of benzene rings is 1. The highest BCUT2D eigenvalue weighted by atomic mass is 19.2. The zero-order chi connectivity index (χ0) is 14.3. The predicted octanol–water partition coefficient (Wildman–Crippen LogP) is 2.95. The highest BCUT2D eigenvalue weighted by Crippen LogP contribution is 2.38. The molecule has 0 aliphatic heterocycles. The standard InChI is InChI=1S/C11H6F5NO2/c1-18-9-3-4(12)10(19-2)6(14)5(13)8(3)17-11(16)7(9)15/h1-2H3. The monoisotopic (exact) mass is 279 g/mol. The smallest absolute Gasteiger partial charge is 0.253 e. The van der Waals surface area contributed by atoms with Gasteiger partial charge < -0.3 is 9.47 Å². The van der Waals surface area contributed by atoms with Gasteiger partial charge in [-0.1, -0.05) is 0 Å². The average Bonchev–Trinajstić information content (AvgIpc) is 2.39. The Morgan fingerprint density at radius 3 is 1.84 bits per heavy atom. The first kappa shape index (κ1) is 13.3. The molecule has 1 aromatic heterocycles. The lowest BCUT2D eigenvalue weighted by Crippen LogP contribution is -2.05. The lowest BCUT2D eigenvalue weighted by atomic mass is 10.1. The molecule has 0 bridgehead atoms. The fourth-order valence-electron chi connectivity index (χ4n) is 1.66. The molecule has 1 heterocycles. The van der Waals surface area contributed by atoms with Gasteiger partial charge in [0, 0.05) is 0 Å². The van der Waals surface area contributed by atoms with Crippen LogP contribution in [0, 0.1) is 29.2 Å². The molecular weight excluding hydrogens is 273 g/mol. The molecule has 0 saturated heterocycles. The average molecular weight is 279 g/mol. The van der Waals surface area contributed by atoms with E-state index < -0.39 is 51.6 Å². The van der Waals surface area contributed by atoms with Gasteiger partial charge in [0.15, 0.2) is 23.1 Å². The Morgan fingerprint density at radius 2 is 1.32 bits per heavy atom. The first-order valence-electron chi connectivity index (χ1n) is 4.87. The molecule has 0 saturated carbocycles. The van der Waals surface area contributed by atoms with Crippen LogP contribution in [0.3, 0.4) is 0 Å². The van der Waals surface area contributed by atoms with Crippen LogP contribution in [0.5, 0.6) is 11.5 Å². The molecule has 1 aromatic carbocycles. The highest BCUT2D eigenvalue weighted by Gasteiger charge is 2.28. The van der Waals surface area contributed by atoms with Crippen molar-refractivity contribution in [3.63, 3.8) is 0 Å². The summed E-state index contributed by atoms with van der Waals surface area (Å²) >= 11 is 0. The van der Waals surface area contributed by atoms with Crippen LogP contribution in [0.15, 0.2) is 0 Å². The van der Waals surface area contributed by atoms with E-state index in [1.165, 1.54) is 0 Å². The number of halogens is 5. The summed E-state index contributed by atoms with van der Waals surface area (Å²) in [5.41, 5.74) is -1.02. The van der Waals surface area contributed by atoms with Crippen molar-refractivity contribution in [3.05, 3.63) is 29.2 Å². The molecule has 102 valence electrons. The van der Waals surface area contributed by atoms with Gasteiger partial charge in [-0.2, -0.15) is 13.2 Å². The second-order valence-corrected chi connectivity index (χ2v) is 3.45. The summed E-state index contributed by atoms with van der Waals surface area (Å²) in [6, 6.07) is 0. The summed E-state index contributed by atoms with van der Waals surface area (Å²) in [6.07, 6.45) is 0. The summed E-state index contributed by atoms with van der Waals surface area (Å²) in [5.74, 6) is -10.1. The maximum atomic E-state index is 13.9. The number of nitrogens with zero attached hydrogens (tertiary/aromatic N) is 1. The van der Waals surface area contributed by atoms with E-state index in [1.54, 1.807) is 0 Å². The van der Waals surface area contributed by atoms with Gasteiger partial charge in [0.25, 0.3) is 5.95 Å². The van der Waals surface area contributed by atoms with Crippen LogP contribution in [0.1, 0.15) is 0 Å². The zero-order valence-corrected chi connectivity index (χ0v) is 9.65. The van der Waals surface area contributed by atoms with Crippen molar-refractivity contribution in [2.75, 3.05) is 14.2 Å². The summed E-state index contributed by atoms with van der Waals surface area (Å²) < 4.78 is 76.3. The number of pyridine rings is 1. The van der Waals surface area contributed by atoms with E-state index in [-0.39, 0.29) is 0 Å². The number of aromatic nitrogens is 1. The Balaban J connectivity index is 3.08. The van der Waals surface area contributed by atoms with Gasteiger partial charge in [-0.3, -0.25) is 0 Å². The molecule has 3 nitrogen and oxygen atoms in total. The third kappa shape index (κ3) is 1.74. The van der Waals surface area contributed by atoms with Crippen molar-refractivity contribution in [3.8, 4) is 11.5 Å². The Labute approximate surface area is 103 Å². The fourth-order valence-corrected chi connectivity index (χ4v) is 1.66. The number of rotatable bonds is 2. The van der Waals surface area contributed by atoms with Gasteiger partial charge in [-0.15, -0.1) is 0 Å². The first-order valence-corrected chi connectivity index (χ1v) is 4.87. The van der Waals surface area contributed by atoms with Crippen LogP contribution in [0.25, 0.3) is 10.9 Å². The second kappa shape index (κ2) is 4.52. The minimum Gasteiger partial charge on any atom is -0.493 e. The van der Waals surface area contributed by atoms with E-state index in [0.717, 1.165) is 14.2 Å². The van der Waals surface area contributed by atoms with Gasteiger partial charge in [0.05, 0.1) is 19.6 Å². The summed E-state index contributed by atoms with van der Waals surface area (Å²) in [6.45, 7) is 0. The Bertz CT molecular complexity index is 674. The Hall–Kier alpha value is -2.12. The van der Waals surface area contributed by atoms with Gasteiger partial charge in [0.1, 0.15) is 5.52 Å². The van der Waals surface area contributed by atoms with Gasteiger partial charge >= 0.3 is 0 Å². The van der Waals surface area contributed by atoms with Crippen LogP contribution in [-0.4, -0.2) is 19.2 Å². The predicted molar refractivity (Wildman–Crippen MR) is 54.6 cm³/mol. The number of methoxy groups -OCH3 is 2. The SMILES string of the molecule is COc1c(F)c(F)c2nc(F)c(F)c(OC)c2c1F. The molecule has 0 spiro atoms. The lowest BCUT2D eigenvalue weighted by Gasteiger charge is -2.12. The first-order chi connectivity index (χ1) is 8.93. The minimum absolute atomic E-state index is 0.836. The molecule has 0 amide bonds. The van der Waals surface area contributed by atoms with Crippen LogP contribution < -0.4 is 9.47 Å². The second-order valence-electron chi connectivity index (χ2n) is 3.45. The van der Waals surface area contributed by atoms with Gasteiger partial charge in [-0.25, -0.2) is 13.8 Å². The number of hydrogen-bond acceptors (Lipinski definition) is 3. The topological polar surface area (TPSA) is 31.4 Å². The van der Waals surface area contributed by atoms with Crippen molar-refractivity contribution >= 4 is 10.9 Å². The van der Waals surface area contributed by atoms with Crippen LogP contribution in [0.2, 0.25) is 0 Å². The highest BCUT2D eigenvalue weighted by molar-refractivity contribution is 5.88. The normalized spacial score (nSPS) is 10.9. The zero-order valence-electron chi connectivity index (χ0n) is 9.65. The summed E-state index contributed by atoms with van der Waals surface area (Å²) in [5, 5.41) is -0.836. The molecular formula is C11H6F5NO2. The van der Waals surface area contributed by atoms with Crippen LogP contribution in [0.4, 0.5) is 22.0 Å². The van der Waals surface area contributed by atoms with E-state index in [0.29, 0.717) is 0 Å². The fraction of sp³-hybridized carbons (Fsp3) is 0.182. The summed E-state index contributed by atoms with van der Waals surface area (Å²) in [7, 11) is 1.82. The molecule has 2 aromatic rings. The largest absolute Gasteiger partial charge is 0.493 e. The number of fused-ring (bicyclic) bond motifs is 1. The van der Waals surface area contributed by atoms with E-state index in [1.807, 2.05) is 0 Å². The maximum Gasteiger partial charge on any atom is 0.253 e. The summed E-state index contributed by atoms with van der Waals surface area (Å²) in [4.78, 5) is 2.85. The van der Waals surface area contributed by atoms with E-state index in [2.05, 4.69) is 14.5 Å². The molecule has 0 aliphatic rings. The van der Waals surface area contributed by atoms with Crippen molar-refractivity contribution in [2.45, 2.75) is 0 Å². The van der Waals surface area contributed by atoms with Gasteiger partial charge in [-0.05, 0) is 0 Å². The Kier molecular flexibility index (Phi) is 3.17. The van der Waals surface area contributed by atoms with Gasteiger partial charge in [0.2, 0.25) is 11.6 Å². The quantitative estimate of drug-likeness (QED) is 0.481. The third-order valence-electron chi connectivity index (χ3n) is 2.48. The van der Waals surface area contributed by atoms with Crippen LogP contribution >= 0.6 is 0 Å². The van der Waals surface area contributed by atoms with Crippen molar-refractivity contribution < 1.29 is 31.4 Å². The Morgan fingerprint density at radius 1 is 0.737 bits per heavy atom. The third-order valence-corrected chi connectivity index (χ3v) is 2.48. The van der Waals surface area contributed by atoms with Crippen LogP contribution in [-0.2, 0) is 0 Å². The molecule has 0 atom stereocenters. The molecule has 2 rings (SSSR count). The van der Waals surface area contributed by atoms with Crippen molar-refractivity contribution in [1.82, 2.24) is 4.98 Å². The molecule has 19 heavy (non-hydrogen) atoms. The molecule has 0 aliphatic carbocycles. The minimum atomic E-state index is -1.73. The van der Waals surface area contributed by atoms with E-state index in [4.69, 9.17) is 0 Å². The van der Waals surface area contributed by atoms with Crippen molar-refractivity contribution in [2.24, 2.45) is 0 Å². The number of hydrogen-bond donors (Lipinski definition) is 0. The lowest BCUT2D eigenvalue weighted by molar-refractivity contribution is 0.344. The van der Waals surface area contributed by atoms with E-state index >= 15 is 0 Å².